The summed E-state index contributed by atoms with van der Waals surface area (Å²) in [6, 6.07) is 10.5. The fourth-order valence-corrected chi connectivity index (χ4v) is 1.81. The van der Waals surface area contributed by atoms with Crippen molar-refractivity contribution in [3.8, 4) is 5.75 Å². The third-order valence-electron chi connectivity index (χ3n) is 2.54. The maximum atomic E-state index is 11.8. The molecule has 2 aromatic carbocycles. The van der Waals surface area contributed by atoms with Crippen LogP contribution in [-0.4, -0.2) is 16.8 Å². The van der Waals surface area contributed by atoms with Crippen LogP contribution in [0.4, 0.5) is 10.5 Å². The molecule has 0 saturated heterocycles. The largest absolute Gasteiger partial charge is 0.507 e. The number of carbonyl (C=O) groups is 1. The molecule has 1 amide bonds. The van der Waals surface area contributed by atoms with Crippen molar-refractivity contribution in [1.82, 2.24) is 0 Å². The van der Waals surface area contributed by atoms with E-state index in [0.29, 0.717) is 11.1 Å². The lowest BCUT2D eigenvalue weighted by atomic mass is 10.1. The van der Waals surface area contributed by atoms with E-state index >= 15 is 0 Å². The van der Waals surface area contributed by atoms with Crippen molar-refractivity contribution in [1.29, 1.82) is 0 Å². The van der Waals surface area contributed by atoms with Crippen molar-refractivity contribution in [3.05, 3.63) is 36.4 Å². The molecule has 0 aromatic heterocycles. The van der Waals surface area contributed by atoms with E-state index < -0.39 is 11.7 Å². The Bertz CT molecular complexity index is 615. The minimum atomic E-state index is -0.545. The molecule has 0 saturated carbocycles. The number of fused-ring (bicyclic) bond motifs is 1. The van der Waals surface area contributed by atoms with E-state index in [1.807, 2.05) is 52.8 Å². The topological polar surface area (TPSA) is 58.6 Å². The standard InChI is InChI=1S/C15H17NO3.C2H6/c1-15(2,3)19-14(18)16-12-8-9-13(17)11-7-5-4-6-10(11)12;1-2/h4-9,17H,1-3H3,(H,16,18);1-2H3. The zero-order valence-electron chi connectivity index (χ0n) is 13.2. The predicted octanol–water partition coefficient (Wildman–Crippen LogP) is 4.92. The smallest absolute Gasteiger partial charge is 0.412 e. The molecule has 0 bridgehead atoms. The zero-order chi connectivity index (χ0) is 16.0. The van der Waals surface area contributed by atoms with E-state index in [4.69, 9.17) is 4.74 Å². The Kier molecular flexibility index (Phi) is 5.59. The van der Waals surface area contributed by atoms with Crippen LogP contribution in [0.2, 0.25) is 0 Å². The Hall–Kier alpha value is -2.23. The molecule has 0 unspecified atom stereocenters. The molecule has 2 rings (SSSR count). The highest BCUT2D eigenvalue weighted by Crippen LogP contribution is 2.30. The number of carbonyl (C=O) groups excluding carboxylic acids is 1. The summed E-state index contributed by atoms with van der Waals surface area (Å²) in [5.74, 6) is 0.185. The summed E-state index contributed by atoms with van der Waals surface area (Å²) in [4.78, 5) is 11.8. The normalized spacial score (nSPS) is 10.5. The number of phenolic OH excluding ortho intramolecular Hbond substituents is 1. The quantitative estimate of drug-likeness (QED) is 0.733. The van der Waals surface area contributed by atoms with Crippen molar-refractivity contribution >= 4 is 22.6 Å². The van der Waals surface area contributed by atoms with Gasteiger partial charge in [0.2, 0.25) is 0 Å². The molecule has 0 aliphatic heterocycles. The van der Waals surface area contributed by atoms with Gasteiger partial charge in [0.05, 0.1) is 5.69 Å². The Morgan fingerprint density at radius 1 is 1.05 bits per heavy atom. The second-order valence-electron chi connectivity index (χ2n) is 5.30. The zero-order valence-corrected chi connectivity index (χ0v) is 13.2. The summed E-state index contributed by atoms with van der Waals surface area (Å²) >= 11 is 0. The average molecular weight is 289 g/mol. The first-order valence-electron chi connectivity index (χ1n) is 7.07. The lowest BCUT2D eigenvalue weighted by Crippen LogP contribution is -2.27. The van der Waals surface area contributed by atoms with Crippen molar-refractivity contribution in [2.24, 2.45) is 0 Å². The monoisotopic (exact) mass is 289 g/mol. The highest BCUT2D eigenvalue weighted by Gasteiger charge is 2.17. The van der Waals surface area contributed by atoms with Gasteiger partial charge in [0.1, 0.15) is 11.4 Å². The van der Waals surface area contributed by atoms with Crippen LogP contribution in [-0.2, 0) is 4.74 Å². The van der Waals surface area contributed by atoms with E-state index in [1.54, 1.807) is 18.2 Å². The van der Waals surface area contributed by atoms with Gasteiger partial charge in [-0.2, -0.15) is 0 Å². The molecule has 114 valence electrons. The van der Waals surface area contributed by atoms with Crippen LogP contribution in [0, 0.1) is 0 Å². The Morgan fingerprint density at radius 3 is 2.19 bits per heavy atom. The third kappa shape index (κ3) is 4.67. The highest BCUT2D eigenvalue weighted by atomic mass is 16.6. The van der Waals surface area contributed by atoms with Crippen LogP contribution < -0.4 is 5.32 Å². The summed E-state index contributed by atoms with van der Waals surface area (Å²) in [5, 5.41) is 13.9. The lowest BCUT2D eigenvalue weighted by molar-refractivity contribution is 0.0636. The molecule has 0 atom stereocenters. The van der Waals surface area contributed by atoms with Crippen LogP contribution in [0.25, 0.3) is 10.8 Å². The van der Waals surface area contributed by atoms with E-state index in [2.05, 4.69) is 5.32 Å². The number of hydrogen-bond donors (Lipinski definition) is 2. The van der Waals surface area contributed by atoms with Gasteiger partial charge in [-0.05, 0) is 32.9 Å². The van der Waals surface area contributed by atoms with Gasteiger partial charge < -0.3 is 9.84 Å². The molecule has 0 radical (unpaired) electrons. The number of ether oxygens (including phenoxy) is 1. The number of rotatable bonds is 1. The molecular weight excluding hydrogens is 266 g/mol. The first-order valence-corrected chi connectivity index (χ1v) is 7.07. The Morgan fingerprint density at radius 2 is 1.62 bits per heavy atom. The molecular formula is C17H23NO3. The van der Waals surface area contributed by atoms with Crippen molar-refractivity contribution < 1.29 is 14.6 Å². The van der Waals surface area contributed by atoms with Crippen LogP contribution in [0.5, 0.6) is 5.75 Å². The molecule has 0 spiro atoms. The van der Waals surface area contributed by atoms with Gasteiger partial charge in [-0.3, -0.25) is 5.32 Å². The van der Waals surface area contributed by atoms with Gasteiger partial charge >= 0.3 is 6.09 Å². The SMILES string of the molecule is CC.CC(C)(C)OC(=O)Nc1ccc(O)c2ccccc12. The molecule has 2 N–H and O–H groups in total. The lowest BCUT2D eigenvalue weighted by Gasteiger charge is -2.20. The second-order valence-corrected chi connectivity index (χ2v) is 5.30. The van der Waals surface area contributed by atoms with Crippen LogP contribution in [0.1, 0.15) is 34.6 Å². The van der Waals surface area contributed by atoms with Gasteiger partial charge in [-0.15, -0.1) is 0 Å². The summed E-state index contributed by atoms with van der Waals surface area (Å²) in [7, 11) is 0. The molecule has 4 heteroatoms. The summed E-state index contributed by atoms with van der Waals surface area (Å²) in [6.07, 6.45) is -0.511. The minimum absolute atomic E-state index is 0.185. The van der Waals surface area contributed by atoms with E-state index in [-0.39, 0.29) is 5.75 Å². The first kappa shape index (κ1) is 16.8. The highest BCUT2D eigenvalue weighted by molar-refractivity contribution is 6.02. The van der Waals surface area contributed by atoms with Crippen LogP contribution >= 0.6 is 0 Å². The van der Waals surface area contributed by atoms with Crippen molar-refractivity contribution in [3.63, 3.8) is 0 Å². The Balaban J connectivity index is 0.00000106. The van der Waals surface area contributed by atoms with E-state index in [9.17, 15) is 9.90 Å². The summed E-state index contributed by atoms with van der Waals surface area (Å²) in [5.41, 5.74) is 0.0687. The van der Waals surface area contributed by atoms with Crippen molar-refractivity contribution in [2.45, 2.75) is 40.2 Å². The molecule has 0 fully saturated rings. The first-order chi connectivity index (χ1) is 9.87. The number of benzene rings is 2. The fraction of sp³-hybridized carbons (Fsp3) is 0.353. The van der Waals surface area contributed by atoms with E-state index in [0.717, 1.165) is 5.39 Å². The number of phenols is 1. The maximum absolute atomic E-state index is 11.8. The van der Waals surface area contributed by atoms with Gasteiger partial charge in [-0.25, -0.2) is 4.79 Å². The number of amides is 1. The minimum Gasteiger partial charge on any atom is -0.507 e. The number of nitrogens with one attached hydrogen (secondary N) is 1. The molecule has 4 nitrogen and oxygen atoms in total. The number of aromatic hydroxyl groups is 1. The predicted molar refractivity (Wildman–Crippen MR) is 86.8 cm³/mol. The van der Waals surface area contributed by atoms with E-state index in [1.165, 1.54) is 0 Å². The summed E-state index contributed by atoms with van der Waals surface area (Å²) < 4.78 is 5.21. The third-order valence-corrected chi connectivity index (χ3v) is 2.54. The maximum Gasteiger partial charge on any atom is 0.412 e. The van der Waals surface area contributed by atoms with Crippen LogP contribution in [0.15, 0.2) is 36.4 Å². The second kappa shape index (κ2) is 6.97. The fourth-order valence-electron chi connectivity index (χ4n) is 1.81. The molecule has 21 heavy (non-hydrogen) atoms. The van der Waals surface area contributed by atoms with Gasteiger partial charge in [0.15, 0.2) is 0 Å². The molecule has 0 aliphatic carbocycles. The van der Waals surface area contributed by atoms with Gasteiger partial charge in [-0.1, -0.05) is 38.1 Å². The number of anilines is 1. The molecule has 0 heterocycles. The van der Waals surface area contributed by atoms with Crippen LogP contribution in [0.3, 0.4) is 0 Å². The average Bonchev–Trinajstić information content (AvgIpc) is 2.42. The molecule has 2 aromatic rings. The van der Waals surface area contributed by atoms with Crippen molar-refractivity contribution in [2.75, 3.05) is 5.32 Å². The Labute approximate surface area is 125 Å². The summed E-state index contributed by atoms with van der Waals surface area (Å²) in [6.45, 7) is 9.42. The molecule has 0 aliphatic rings. The van der Waals surface area contributed by atoms with Gasteiger partial charge in [0, 0.05) is 10.8 Å². The van der Waals surface area contributed by atoms with Gasteiger partial charge in [0.25, 0.3) is 0 Å². The number of hydrogen-bond acceptors (Lipinski definition) is 3.